The van der Waals surface area contributed by atoms with E-state index in [1.807, 2.05) is 13.8 Å². The summed E-state index contributed by atoms with van der Waals surface area (Å²) in [6, 6.07) is 0.331. The van der Waals surface area contributed by atoms with Crippen molar-refractivity contribution < 1.29 is 9.90 Å². The molecule has 0 aromatic carbocycles. The summed E-state index contributed by atoms with van der Waals surface area (Å²) in [6.07, 6.45) is 1.01. The van der Waals surface area contributed by atoms with Gasteiger partial charge in [0.25, 0.3) is 0 Å². The number of carboxylic acid groups (broad SMARTS) is 1. The first-order chi connectivity index (χ1) is 6.31. The van der Waals surface area contributed by atoms with Crippen molar-refractivity contribution >= 4 is 5.97 Å². The van der Waals surface area contributed by atoms with E-state index in [2.05, 4.69) is 11.8 Å². The molecule has 0 aliphatic rings. The van der Waals surface area contributed by atoms with Gasteiger partial charge < -0.3 is 10.8 Å². The minimum Gasteiger partial charge on any atom is -0.480 e. The second kappa shape index (κ2) is 5.32. The molecule has 4 heteroatoms. The molecule has 4 nitrogen and oxygen atoms in total. The lowest BCUT2D eigenvalue weighted by atomic mass is 10.0. The van der Waals surface area contributed by atoms with Crippen LogP contribution in [0.5, 0.6) is 0 Å². The Hall–Kier alpha value is -0.610. The lowest BCUT2D eigenvalue weighted by Crippen LogP contribution is -2.55. The van der Waals surface area contributed by atoms with Gasteiger partial charge in [0, 0.05) is 12.6 Å². The van der Waals surface area contributed by atoms with Gasteiger partial charge in [0.1, 0.15) is 5.54 Å². The number of carboxylic acids is 1. The highest BCUT2D eigenvalue weighted by Crippen LogP contribution is 2.07. The molecular weight excluding hydrogens is 180 g/mol. The van der Waals surface area contributed by atoms with Crippen LogP contribution in [0.15, 0.2) is 0 Å². The van der Waals surface area contributed by atoms with Crippen molar-refractivity contribution in [3.63, 3.8) is 0 Å². The summed E-state index contributed by atoms with van der Waals surface area (Å²) in [5.41, 5.74) is 4.53. The molecule has 14 heavy (non-hydrogen) atoms. The normalized spacial score (nSPS) is 15.9. The highest BCUT2D eigenvalue weighted by Gasteiger charge is 2.30. The zero-order valence-electron chi connectivity index (χ0n) is 9.58. The summed E-state index contributed by atoms with van der Waals surface area (Å²) >= 11 is 0. The molecule has 0 aliphatic heterocycles. The first-order valence-electron chi connectivity index (χ1n) is 5.07. The quantitative estimate of drug-likeness (QED) is 0.672. The Morgan fingerprint density at radius 2 is 2.07 bits per heavy atom. The molecule has 1 atom stereocenters. The number of carbonyl (C=O) groups is 1. The van der Waals surface area contributed by atoms with Gasteiger partial charge >= 0.3 is 5.97 Å². The third kappa shape index (κ3) is 4.07. The average Bonchev–Trinajstić information content (AvgIpc) is 2.02. The van der Waals surface area contributed by atoms with Crippen LogP contribution in [0.3, 0.4) is 0 Å². The molecule has 0 heterocycles. The molecule has 0 rings (SSSR count). The first-order valence-corrected chi connectivity index (χ1v) is 5.07. The number of hydrogen-bond donors (Lipinski definition) is 2. The van der Waals surface area contributed by atoms with Crippen molar-refractivity contribution in [1.29, 1.82) is 0 Å². The van der Waals surface area contributed by atoms with Gasteiger partial charge in [0.15, 0.2) is 0 Å². The average molecular weight is 202 g/mol. The van der Waals surface area contributed by atoms with E-state index in [4.69, 9.17) is 10.8 Å². The van der Waals surface area contributed by atoms with Crippen LogP contribution >= 0.6 is 0 Å². The van der Waals surface area contributed by atoms with Crippen LogP contribution < -0.4 is 5.73 Å². The number of hydrogen-bond acceptors (Lipinski definition) is 3. The Morgan fingerprint density at radius 1 is 1.57 bits per heavy atom. The second-order valence-electron chi connectivity index (χ2n) is 4.29. The van der Waals surface area contributed by atoms with E-state index in [0.717, 1.165) is 13.0 Å². The summed E-state index contributed by atoms with van der Waals surface area (Å²) in [5.74, 6) is -0.945. The zero-order chi connectivity index (χ0) is 11.4. The number of nitrogens with zero attached hydrogens (tertiary/aromatic N) is 1. The second-order valence-corrected chi connectivity index (χ2v) is 4.29. The molecule has 0 bridgehead atoms. The van der Waals surface area contributed by atoms with E-state index in [-0.39, 0.29) is 0 Å². The predicted octanol–water partition coefficient (Wildman–Crippen LogP) is 0.909. The molecule has 1 unspecified atom stereocenters. The van der Waals surface area contributed by atoms with Gasteiger partial charge in [-0.25, -0.2) is 0 Å². The molecule has 0 spiro atoms. The molecule has 84 valence electrons. The maximum absolute atomic E-state index is 10.8. The summed E-state index contributed by atoms with van der Waals surface area (Å²) in [6.45, 7) is 9.01. The van der Waals surface area contributed by atoms with Gasteiger partial charge in [-0.2, -0.15) is 0 Å². The lowest BCUT2D eigenvalue weighted by Gasteiger charge is -2.32. The molecule has 0 fully saturated rings. The third-order valence-corrected chi connectivity index (χ3v) is 2.26. The van der Waals surface area contributed by atoms with Crippen LogP contribution in [-0.2, 0) is 4.79 Å². The van der Waals surface area contributed by atoms with Crippen LogP contribution in [0.1, 0.15) is 34.1 Å². The van der Waals surface area contributed by atoms with Gasteiger partial charge in [-0.1, -0.05) is 6.92 Å². The highest BCUT2D eigenvalue weighted by molar-refractivity contribution is 5.78. The van der Waals surface area contributed by atoms with Gasteiger partial charge in [-0.05, 0) is 33.7 Å². The minimum atomic E-state index is -1.15. The fraction of sp³-hybridized carbons (Fsp3) is 0.900. The Labute approximate surface area is 86.1 Å². The van der Waals surface area contributed by atoms with Crippen molar-refractivity contribution in [1.82, 2.24) is 4.90 Å². The van der Waals surface area contributed by atoms with Crippen LogP contribution in [0.2, 0.25) is 0 Å². The number of nitrogens with two attached hydrogens (primary N) is 1. The molecule has 0 aliphatic carbocycles. The molecule has 0 radical (unpaired) electrons. The molecule has 3 N–H and O–H groups in total. The Balaban J connectivity index is 4.35. The van der Waals surface area contributed by atoms with Crippen LogP contribution in [0, 0.1) is 0 Å². The number of aliphatic carboxylic acids is 1. The SMILES string of the molecule is CCCN(CC(C)(N)C(=O)O)C(C)C. The molecular formula is C10H22N2O2. The van der Waals surface area contributed by atoms with E-state index in [1.165, 1.54) is 0 Å². The van der Waals surface area contributed by atoms with E-state index >= 15 is 0 Å². The third-order valence-electron chi connectivity index (χ3n) is 2.26. The Bertz CT molecular complexity index is 191. The number of rotatable bonds is 6. The van der Waals surface area contributed by atoms with Gasteiger partial charge in [0.05, 0.1) is 0 Å². The summed E-state index contributed by atoms with van der Waals surface area (Å²) in [4.78, 5) is 12.9. The van der Waals surface area contributed by atoms with Gasteiger partial charge in [0.2, 0.25) is 0 Å². The fourth-order valence-corrected chi connectivity index (χ4v) is 1.30. The van der Waals surface area contributed by atoms with Crippen LogP contribution in [0.25, 0.3) is 0 Å². The lowest BCUT2D eigenvalue weighted by molar-refractivity contribution is -0.143. The largest absolute Gasteiger partial charge is 0.480 e. The van der Waals surface area contributed by atoms with Crippen molar-refractivity contribution in [2.75, 3.05) is 13.1 Å². The minimum absolute atomic E-state index is 0.331. The molecule has 0 saturated heterocycles. The Kier molecular flexibility index (Phi) is 5.08. The summed E-state index contributed by atoms with van der Waals surface area (Å²) < 4.78 is 0. The highest BCUT2D eigenvalue weighted by atomic mass is 16.4. The zero-order valence-corrected chi connectivity index (χ0v) is 9.58. The standard InChI is InChI=1S/C10H22N2O2/c1-5-6-12(8(2)3)7-10(4,11)9(13)14/h8H,5-7,11H2,1-4H3,(H,13,14). The van der Waals surface area contributed by atoms with E-state index in [9.17, 15) is 4.79 Å². The molecule has 0 amide bonds. The first kappa shape index (κ1) is 13.4. The smallest absolute Gasteiger partial charge is 0.324 e. The van der Waals surface area contributed by atoms with Crippen molar-refractivity contribution in [2.45, 2.75) is 45.7 Å². The summed E-state index contributed by atoms with van der Waals surface area (Å²) in [7, 11) is 0. The summed E-state index contributed by atoms with van der Waals surface area (Å²) in [5, 5.41) is 8.89. The molecule has 0 aromatic heterocycles. The molecule has 0 saturated carbocycles. The maximum atomic E-state index is 10.8. The van der Waals surface area contributed by atoms with E-state index in [1.54, 1.807) is 6.92 Å². The van der Waals surface area contributed by atoms with Crippen LogP contribution in [-0.4, -0.2) is 40.6 Å². The van der Waals surface area contributed by atoms with Crippen molar-refractivity contribution in [2.24, 2.45) is 5.73 Å². The maximum Gasteiger partial charge on any atom is 0.324 e. The van der Waals surface area contributed by atoms with Gasteiger partial charge in [-0.3, -0.25) is 9.69 Å². The Morgan fingerprint density at radius 3 is 2.36 bits per heavy atom. The fourth-order valence-electron chi connectivity index (χ4n) is 1.30. The van der Waals surface area contributed by atoms with E-state index < -0.39 is 11.5 Å². The predicted molar refractivity (Wildman–Crippen MR) is 57.2 cm³/mol. The van der Waals surface area contributed by atoms with Crippen molar-refractivity contribution in [3.05, 3.63) is 0 Å². The van der Waals surface area contributed by atoms with E-state index in [0.29, 0.717) is 12.6 Å². The monoisotopic (exact) mass is 202 g/mol. The van der Waals surface area contributed by atoms with Gasteiger partial charge in [-0.15, -0.1) is 0 Å². The topological polar surface area (TPSA) is 66.6 Å². The molecule has 0 aromatic rings. The van der Waals surface area contributed by atoms with Crippen LogP contribution in [0.4, 0.5) is 0 Å². The van der Waals surface area contributed by atoms with Crippen molar-refractivity contribution in [3.8, 4) is 0 Å².